The number of aromatic nitrogens is 1. The fraction of sp³-hybridized carbons (Fsp3) is 0.556. The van der Waals surface area contributed by atoms with Gasteiger partial charge in [0, 0.05) is 11.6 Å². The molecule has 0 aliphatic heterocycles. The van der Waals surface area contributed by atoms with E-state index in [0.29, 0.717) is 13.1 Å². The largest absolute Gasteiger partial charge is 0.468 e. The van der Waals surface area contributed by atoms with Crippen LogP contribution in [0.25, 0.3) is 0 Å². The Morgan fingerprint density at radius 3 is 3.00 bits per heavy atom. The number of methoxy groups -OCH3 is 1. The van der Waals surface area contributed by atoms with Gasteiger partial charge in [-0.1, -0.05) is 6.92 Å². The Balaban J connectivity index is 2.43. The third kappa shape index (κ3) is 3.43. The predicted octanol–water partition coefficient (Wildman–Crippen LogP) is 1.14. The highest BCUT2D eigenvalue weighted by Crippen LogP contribution is 2.07. The highest BCUT2D eigenvalue weighted by molar-refractivity contribution is 7.09. The highest BCUT2D eigenvalue weighted by atomic mass is 32.1. The van der Waals surface area contributed by atoms with Gasteiger partial charge in [0.25, 0.3) is 0 Å². The number of esters is 1. The molecule has 0 aromatic carbocycles. The third-order valence-corrected chi connectivity index (χ3v) is 2.63. The van der Waals surface area contributed by atoms with Crippen molar-refractivity contribution in [3.63, 3.8) is 0 Å². The van der Waals surface area contributed by atoms with E-state index in [1.54, 1.807) is 17.5 Å². The molecule has 0 spiro atoms. The molecule has 0 bridgehead atoms. The molecule has 1 aromatic rings. The Morgan fingerprint density at radius 2 is 2.50 bits per heavy atom. The summed E-state index contributed by atoms with van der Waals surface area (Å²) in [6.45, 7) is 3.86. The topological polar surface area (TPSA) is 42.4 Å². The zero-order chi connectivity index (χ0) is 10.4. The van der Waals surface area contributed by atoms with Crippen molar-refractivity contribution in [2.24, 2.45) is 0 Å². The van der Waals surface area contributed by atoms with Crippen LogP contribution in [-0.2, 0) is 16.1 Å². The summed E-state index contributed by atoms with van der Waals surface area (Å²) in [4.78, 5) is 17.2. The van der Waals surface area contributed by atoms with Crippen LogP contribution in [0.4, 0.5) is 0 Å². The lowest BCUT2D eigenvalue weighted by Gasteiger charge is -2.16. The number of ether oxygens (including phenoxy) is 1. The summed E-state index contributed by atoms with van der Waals surface area (Å²) < 4.78 is 4.60. The molecule has 0 fully saturated rings. The molecule has 1 rings (SSSR count). The molecule has 1 aromatic heterocycles. The van der Waals surface area contributed by atoms with Gasteiger partial charge in [-0.15, -0.1) is 11.3 Å². The number of carbonyl (C=O) groups is 1. The van der Waals surface area contributed by atoms with Crippen molar-refractivity contribution in [2.75, 3.05) is 20.2 Å². The fourth-order valence-corrected chi connectivity index (χ4v) is 1.71. The first-order valence-corrected chi connectivity index (χ1v) is 5.31. The maximum absolute atomic E-state index is 11.0. The van der Waals surface area contributed by atoms with E-state index in [2.05, 4.69) is 9.72 Å². The number of hydrogen-bond donors (Lipinski definition) is 0. The molecule has 1 heterocycles. The maximum Gasteiger partial charge on any atom is 0.319 e. The standard InChI is InChI=1S/C9H14N2O2S/c1-3-11(7-9(12)13-2)6-8-10-4-5-14-8/h4-5H,3,6-7H2,1-2H3. The van der Waals surface area contributed by atoms with E-state index in [-0.39, 0.29) is 5.97 Å². The Kier molecular flexibility index (Phi) is 4.55. The second-order valence-corrected chi connectivity index (χ2v) is 3.78. The van der Waals surface area contributed by atoms with Crippen LogP contribution < -0.4 is 0 Å². The Morgan fingerprint density at radius 1 is 1.71 bits per heavy atom. The molecular formula is C9H14N2O2S. The first kappa shape index (κ1) is 11.1. The minimum absolute atomic E-state index is 0.205. The molecular weight excluding hydrogens is 200 g/mol. The molecule has 0 N–H and O–H groups in total. The van der Waals surface area contributed by atoms with Gasteiger partial charge in [0.1, 0.15) is 5.01 Å². The molecule has 0 aliphatic rings. The number of thiazole rings is 1. The van der Waals surface area contributed by atoms with E-state index in [9.17, 15) is 4.79 Å². The van der Waals surface area contributed by atoms with Crippen LogP contribution in [-0.4, -0.2) is 36.1 Å². The van der Waals surface area contributed by atoms with Crippen molar-refractivity contribution in [1.29, 1.82) is 0 Å². The van der Waals surface area contributed by atoms with E-state index < -0.39 is 0 Å². The van der Waals surface area contributed by atoms with Crippen molar-refractivity contribution in [2.45, 2.75) is 13.5 Å². The molecule has 4 nitrogen and oxygen atoms in total. The summed E-state index contributed by atoms with van der Waals surface area (Å²) in [6, 6.07) is 0. The lowest BCUT2D eigenvalue weighted by Crippen LogP contribution is -2.29. The number of carbonyl (C=O) groups excluding carboxylic acids is 1. The van der Waals surface area contributed by atoms with Crippen LogP contribution in [0.15, 0.2) is 11.6 Å². The summed E-state index contributed by atoms with van der Waals surface area (Å²) in [5, 5.41) is 2.96. The van der Waals surface area contributed by atoms with Crippen LogP contribution in [0.3, 0.4) is 0 Å². The fourth-order valence-electron chi connectivity index (χ4n) is 1.05. The average molecular weight is 214 g/mol. The van der Waals surface area contributed by atoms with Gasteiger partial charge in [-0.05, 0) is 6.54 Å². The SMILES string of the molecule is CCN(CC(=O)OC)Cc1nccs1. The number of likely N-dealkylation sites (N-methyl/N-ethyl adjacent to an activating group) is 1. The molecule has 0 saturated heterocycles. The lowest BCUT2D eigenvalue weighted by atomic mass is 10.4. The summed E-state index contributed by atoms with van der Waals surface area (Å²) >= 11 is 1.60. The van der Waals surface area contributed by atoms with Crippen molar-refractivity contribution in [3.05, 3.63) is 16.6 Å². The van der Waals surface area contributed by atoms with Gasteiger partial charge < -0.3 is 4.74 Å². The molecule has 78 valence electrons. The smallest absolute Gasteiger partial charge is 0.319 e. The second-order valence-electron chi connectivity index (χ2n) is 2.81. The van der Waals surface area contributed by atoms with Crippen molar-refractivity contribution in [1.82, 2.24) is 9.88 Å². The molecule has 0 atom stereocenters. The predicted molar refractivity (Wildman–Crippen MR) is 55.1 cm³/mol. The Bertz CT molecular complexity index is 274. The second kappa shape index (κ2) is 5.72. The molecule has 0 aliphatic carbocycles. The first-order valence-electron chi connectivity index (χ1n) is 4.43. The van der Waals surface area contributed by atoms with Gasteiger partial charge >= 0.3 is 5.97 Å². The molecule has 0 unspecified atom stereocenters. The van der Waals surface area contributed by atoms with Crippen molar-refractivity contribution in [3.8, 4) is 0 Å². The minimum Gasteiger partial charge on any atom is -0.468 e. The first-order chi connectivity index (χ1) is 6.76. The summed E-state index contributed by atoms with van der Waals surface area (Å²) in [5.74, 6) is -0.205. The monoisotopic (exact) mass is 214 g/mol. The summed E-state index contributed by atoms with van der Waals surface area (Å²) in [5.41, 5.74) is 0. The van der Waals surface area contributed by atoms with Crippen LogP contribution in [0.1, 0.15) is 11.9 Å². The van der Waals surface area contributed by atoms with Gasteiger partial charge in [-0.25, -0.2) is 4.98 Å². The molecule has 14 heavy (non-hydrogen) atoms. The van der Waals surface area contributed by atoms with Crippen LogP contribution in [0, 0.1) is 0 Å². The lowest BCUT2D eigenvalue weighted by molar-refractivity contribution is -0.142. The van der Waals surface area contributed by atoms with E-state index in [4.69, 9.17) is 0 Å². The number of hydrogen-bond acceptors (Lipinski definition) is 5. The summed E-state index contributed by atoms with van der Waals surface area (Å²) in [6.07, 6.45) is 1.77. The molecule has 0 saturated carbocycles. The highest BCUT2D eigenvalue weighted by Gasteiger charge is 2.10. The van der Waals surface area contributed by atoms with Crippen LogP contribution >= 0.6 is 11.3 Å². The van der Waals surface area contributed by atoms with Gasteiger partial charge in [-0.3, -0.25) is 9.69 Å². The summed E-state index contributed by atoms with van der Waals surface area (Å²) in [7, 11) is 1.40. The van der Waals surface area contributed by atoms with E-state index in [1.807, 2.05) is 17.2 Å². The zero-order valence-electron chi connectivity index (χ0n) is 8.40. The Labute approximate surface area is 87.5 Å². The third-order valence-electron chi connectivity index (χ3n) is 1.87. The van der Waals surface area contributed by atoms with Crippen molar-refractivity contribution >= 4 is 17.3 Å². The quantitative estimate of drug-likeness (QED) is 0.689. The van der Waals surface area contributed by atoms with Gasteiger partial charge in [-0.2, -0.15) is 0 Å². The van der Waals surface area contributed by atoms with Gasteiger partial charge in [0.2, 0.25) is 0 Å². The van der Waals surface area contributed by atoms with Crippen molar-refractivity contribution < 1.29 is 9.53 Å². The van der Waals surface area contributed by atoms with E-state index in [0.717, 1.165) is 11.6 Å². The number of rotatable bonds is 5. The van der Waals surface area contributed by atoms with Gasteiger partial charge in [0.05, 0.1) is 20.2 Å². The minimum atomic E-state index is -0.205. The molecule has 0 amide bonds. The molecule has 0 radical (unpaired) electrons. The average Bonchev–Trinajstić information content (AvgIpc) is 2.69. The number of nitrogens with zero attached hydrogens (tertiary/aromatic N) is 2. The normalized spacial score (nSPS) is 10.5. The zero-order valence-corrected chi connectivity index (χ0v) is 9.21. The maximum atomic E-state index is 11.0. The Hall–Kier alpha value is -0.940. The van der Waals surface area contributed by atoms with E-state index in [1.165, 1.54) is 7.11 Å². The van der Waals surface area contributed by atoms with Crippen LogP contribution in [0.5, 0.6) is 0 Å². The molecule has 5 heteroatoms. The van der Waals surface area contributed by atoms with E-state index >= 15 is 0 Å². The van der Waals surface area contributed by atoms with Crippen LogP contribution in [0.2, 0.25) is 0 Å². The van der Waals surface area contributed by atoms with Gasteiger partial charge in [0.15, 0.2) is 0 Å².